The van der Waals surface area contributed by atoms with Crippen LogP contribution in [0.15, 0.2) is 72.8 Å². The van der Waals surface area contributed by atoms with Crippen LogP contribution >= 0.6 is 0 Å². The third kappa shape index (κ3) is 4.03. The van der Waals surface area contributed by atoms with Crippen molar-refractivity contribution in [2.45, 2.75) is 38.9 Å². The van der Waals surface area contributed by atoms with Crippen molar-refractivity contribution in [3.05, 3.63) is 78.4 Å². The first-order valence-corrected chi connectivity index (χ1v) is 10.5. The van der Waals surface area contributed by atoms with Crippen molar-refractivity contribution < 1.29 is 18.8 Å². The van der Waals surface area contributed by atoms with Gasteiger partial charge in [0.2, 0.25) is 0 Å². The minimum atomic E-state index is -0.448. The van der Waals surface area contributed by atoms with E-state index >= 15 is 0 Å². The van der Waals surface area contributed by atoms with Crippen LogP contribution < -0.4 is 5.46 Å². The predicted molar refractivity (Wildman–Crippen MR) is 124 cm³/mol. The number of ether oxygens (including phenoxy) is 1. The van der Waals surface area contributed by atoms with E-state index in [2.05, 4.69) is 58.0 Å². The topological polar surface area (TPSA) is 44.8 Å². The zero-order valence-corrected chi connectivity index (χ0v) is 18.6. The Morgan fingerprint density at radius 3 is 1.94 bits per heavy atom. The number of methoxy groups -OCH3 is 1. The molecule has 0 saturated carbocycles. The van der Waals surface area contributed by atoms with E-state index in [-0.39, 0.29) is 5.97 Å². The standard InChI is InChI=1S/C26H27BO4/c1-25(2)26(3,4)31-27(30-25)23-16-15-21(17-22(23)19-9-7-6-8-10-19)18-11-13-20(14-12-18)24(28)29-5/h6-17H,1-5H3. The van der Waals surface area contributed by atoms with E-state index in [0.717, 1.165) is 27.7 Å². The lowest BCUT2D eigenvalue weighted by atomic mass is 9.73. The van der Waals surface area contributed by atoms with Crippen molar-refractivity contribution >= 4 is 18.6 Å². The summed E-state index contributed by atoms with van der Waals surface area (Å²) in [5, 5.41) is 0. The highest BCUT2D eigenvalue weighted by Crippen LogP contribution is 2.38. The fourth-order valence-electron chi connectivity index (χ4n) is 3.70. The quantitative estimate of drug-likeness (QED) is 0.440. The molecular weight excluding hydrogens is 387 g/mol. The van der Waals surface area contributed by atoms with Gasteiger partial charge in [0.05, 0.1) is 23.9 Å². The molecule has 0 N–H and O–H groups in total. The van der Waals surface area contributed by atoms with Crippen molar-refractivity contribution in [1.29, 1.82) is 0 Å². The van der Waals surface area contributed by atoms with Crippen LogP contribution in [0.3, 0.4) is 0 Å². The molecular formula is C26H27BO4. The molecule has 1 fully saturated rings. The smallest absolute Gasteiger partial charge is 0.465 e. The lowest BCUT2D eigenvalue weighted by molar-refractivity contribution is 0.00578. The molecule has 0 aromatic heterocycles. The van der Waals surface area contributed by atoms with Crippen LogP contribution in [0, 0.1) is 0 Å². The highest BCUT2D eigenvalue weighted by Gasteiger charge is 2.52. The van der Waals surface area contributed by atoms with Gasteiger partial charge in [-0.25, -0.2) is 4.79 Å². The summed E-state index contributed by atoms with van der Waals surface area (Å²) in [6, 6.07) is 24.0. The van der Waals surface area contributed by atoms with E-state index in [1.165, 1.54) is 7.11 Å². The zero-order chi connectivity index (χ0) is 22.2. The van der Waals surface area contributed by atoms with Gasteiger partial charge in [0, 0.05) is 0 Å². The van der Waals surface area contributed by atoms with E-state index < -0.39 is 18.3 Å². The molecule has 5 heteroatoms. The van der Waals surface area contributed by atoms with E-state index in [0.29, 0.717) is 5.56 Å². The van der Waals surface area contributed by atoms with Gasteiger partial charge in [0.25, 0.3) is 0 Å². The molecule has 0 aliphatic carbocycles. The molecule has 0 radical (unpaired) electrons. The van der Waals surface area contributed by atoms with Crippen molar-refractivity contribution in [2.75, 3.05) is 7.11 Å². The van der Waals surface area contributed by atoms with Gasteiger partial charge in [-0.3, -0.25) is 0 Å². The van der Waals surface area contributed by atoms with Crippen LogP contribution in [0.25, 0.3) is 22.3 Å². The molecule has 1 aliphatic rings. The Kier molecular flexibility index (Phi) is 5.50. The van der Waals surface area contributed by atoms with E-state index in [1.807, 2.05) is 30.3 Å². The molecule has 0 spiro atoms. The maximum Gasteiger partial charge on any atom is 0.495 e. The van der Waals surface area contributed by atoms with Gasteiger partial charge in [-0.15, -0.1) is 0 Å². The SMILES string of the molecule is COC(=O)c1ccc(-c2ccc(B3OC(C)(C)C(C)(C)O3)c(-c3ccccc3)c2)cc1. The van der Waals surface area contributed by atoms with Gasteiger partial charge in [0.1, 0.15) is 0 Å². The molecule has 1 saturated heterocycles. The molecule has 0 unspecified atom stereocenters. The Balaban J connectivity index is 1.77. The summed E-state index contributed by atoms with van der Waals surface area (Å²) in [5.41, 5.74) is 4.94. The zero-order valence-electron chi connectivity index (χ0n) is 18.6. The van der Waals surface area contributed by atoms with Crippen molar-refractivity contribution in [1.82, 2.24) is 0 Å². The monoisotopic (exact) mass is 414 g/mol. The van der Waals surface area contributed by atoms with Gasteiger partial charge >= 0.3 is 13.1 Å². The molecule has 0 amide bonds. The second kappa shape index (κ2) is 7.99. The molecule has 4 nitrogen and oxygen atoms in total. The number of hydrogen-bond donors (Lipinski definition) is 0. The first-order valence-electron chi connectivity index (χ1n) is 10.5. The first kappa shape index (κ1) is 21.4. The first-order chi connectivity index (χ1) is 14.7. The minimum Gasteiger partial charge on any atom is -0.465 e. The summed E-state index contributed by atoms with van der Waals surface area (Å²) in [4.78, 5) is 11.7. The summed E-state index contributed by atoms with van der Waals surface area (Å²) < 4.78 is 17.5. The van der Waals surface area contributed by atoms with Crippen LogP contribution in [-0.2, 0) is 14.0 Å². The average Bonchev–Trinajstić information content (AvgIpc) is 3.00. The molecule has 1 heterocycles. The molecule has 0 atom stereocenters. The van der Waals surface area contributed by atoms with Gasteiger partial charge in [-0.05, 0) is 73.6 Å². The van der Waals surface area contributed by atoms with Crippen molar-refractivity contribution in [2.24, 2.45) is 0 Å². The third-order valence-electron chi connectivity index (χ3n) is 6.28. The second-order valence-electron chi connectivity index (χ2n) is 8.83. The van der Waals surface area contributed by atoms with E-state index in [9.17, 15) is 4.79 Å². The highest BCUT2D eigenvalue weighted by atomic mass is 16.7. The van der Waals surface area contributed by atoms with Crippen LogP contribution in [-0.4, -0.2) is 31.4 Å². The summed E-state index contributed by atoms with van der Waals surface area (Å²) >= 11 is 0. The van der Waals surface area contributed by atoms with Crippen LogP contribution in [0.1, 0.15) is 38.1 Å². The van der Waals surface area contributed by atoms with Gasteiger partial charge in [0.15, 0.2) is 0 Å². The largest absolute Gasteiger partial charge is 0.495 e. The minimum absolute atomic E-state index is 0.340. The van der Waals surface area contributed by atoms with Crippen LogP contribution in [0.2, 0.25) is 0 Å². The number of rotatable bonds is 4. The maximum atomic E-state index is 11.7. The number of hydrogen-bond acceptors (Lipinski definition) is 4. The van der Waals surface area contributed by atoms with Crippen LogP contribution in [0.4, 0.5) is 0 Å². The molecule has 31 heavy (non-hydrogen) atoms. The predicted octanol–water partition coefficient (Wildman–Crippen LogP) is 5.11. The molecule has 0 bridgehead atoms. The molecule has 158 valence electrons. The second-order valence-corrected chi connectivity index (χ2v) is 8.83. The summed E-state index contributed by atoms with van der Waals surface area (Å²) in [6.07, 6.45) is 0. The Bertz CT molecular complexity index is 1070. The summed E-state index contributed by atoms with van der Waals surface area (Å²) in [5.74, 6) is -0.340. The summed E-state index contributed by atoms with van der Waals surface area (Å²) in [7, 11) is 0.938. The number of carbonyl (C=O) groups is 1. The number of carbonyl (C=O) groups excluding carboxylic acids is 1. The molecule has 1 aliphatic heterocycles. The fourth-order valence-corrected chi connectivity index (χ4v) is 3.70. The third-order valence-corrected chi connectivity index (χ3v) is 6.28. The molecule has 4 rings (SSSR count). The summed E-state index contributed by atoms with van der Waals surface area (Å²) in [6.45, 7) is 8.25. The van der Waals surface area contributed by atoms with E-state index in [1.54, 1.807) is 12.1 Å². The lowest BCUT2D eigenvalue weighted by Gasteiger charge is -2.32. The van der Waals surface area contributed by atoms with Crippen molar-refractivity contribution in [3.63, 3.8) is 0 Å². The molecule has 3 aromatic carbocycles. The Morgan fingerprint density at radius 1 is 0.774 bits per heavy atom. The average molecular weight is 414 g/mol. The Labute approximate surface area is 184 Å². The number of esters is 1. The Morgan fingerprint density at radius 2 is 1.35 bits per heavy atom. The van der Waals surface area contributed by atoms with Gasteiger partial charge in [-0.2, -0.15) is 0 Å². The Hall–Kier alpha value is -2.89. The van der Waals surface area contributed by atoms with Crippen LogP contribution in [0.5, 0.6) is 0 Å². The van der Waals surface area contributed by atoms with Gasteiger partial charge < -0.3 is 14.0 Å². The normalized spacial score (nSPS) is 16.9. The maximum absolute atomic E-state index is 11.7. The van der Waals surface area contributed by atoms with E-state index in [4.69, 9.17) is 14.0 Å². The highest BCUT2D eigenvalue weighted by molar-refractivity contribution is 6.64. The number of benzene rings is 3. The van der Waals surface area contributed by atoms with Crippen molar-refractivity contribution in [3.8, 4) is 22.3 Å². The molecule has 3 aromatic rings. The lowest BCUT2D eigenvalue weighted by Crippen LogP contribution is -2.41. The fraction of sp³-hybridized carbons (Fsp3) is 0.269. The van der Waals surface area contributed by atoms with Gasteiger partial charge in [-0.1, -0.05) is 54.6 Å².